The third kappa shape index (κ3) is 3.64. The molecule has 1 saturated heterocycles. The molecule has 1 aliphatic rings. The van der Waals surface area contributed by atoms with Crippen LogP contribution in [0.4, 0.5) is 11.4 Å². The van der Waals surface area contributed by atoms with Crippen LogP contribution in [-0.2, 0) is 0 Å². The van der Waals surface area contributed by atoms with Gasteiger partial charge >= 0.3 is 0 Å². The lowest BCUT2D eigenvalue weighted by molar-refractivity contribution is 0.313. The third-order valence-corrected chi connectivity index (χ3v) is 4.21. The lowest BCUT2D eigenvalue weighted by Crippen LogP contribution is -2.44. The predicted molar refractivity (Wildman–Crippen MR) is 92.6 cm³/mol. The van der Waals surface area contributed by atoms with Crippen molar-refractivity contribution in [2.24, 2.45) is 0 Å². The molecule has 0 unspecified atom stereocenters. The van der Waals surface area contributed by atoms with Crippen molar-refractivity contribution in [2.45, 2.75) is 0 Å². The van der Waals surface area contributed by atoms with E-state index in [-0.39, 0.29) is 11.4 Å². The number of hydrogen-bond acceptors (Lipinski definition) is 7. The number of anilines is 2. The Morgan fingerprint density at radius 1 is 1.38 bits per heavy atom. The largest absolute Gasteiger partial charge is 0.369 e. The Morgan fingerprint density at radius 3 is 2.79 bits per heavy atom. The Labute approximate surface area is 144 Å². The number of likely N-dealkylation sites (N-methyl/N-ethyl adjacent to an activating group) is 1. The first-order valence-electron chi connectivity index (χ1n) is 7.51. The summed E-state index contributed by atoms with van der Waals surface area (Å²) in [7, 11) is 2.13. The molecule has 1 fully saturated rings. The molecular weight excluding hydrogens is 328 g/mol. The summed E-state index contributed by atoms with van der Waals surface area (Å²) in [5.74, 6) is 0.232. The molecule has 0 amide bonds. The lowest BCUT2D eigenvalue weighted by Gasteiger charge is -2.34. The number of benzene rings is 1. The van der Waals surface area contributed by atoms with Crippen molar-refractivity contribution < 1.29 is 0 Å². The van der Waals surface area contributed by atoms with Gasteiger partial charge in [0.15, 0.2) is 0 Å². The fourth-order valence-corrected chi connectivity index (χ4v) is 2.68. The number of aromatic nitrogens is 4. The number of nitriles is 1. The first-order valence-corrected chi connectivity index (χ1v) is 7.89. The molecule has 0 aliphatic carbocycles. The highest BCUT2D eigenvalue weighted by atomic mass is 35.5. The number of H-pyrrole nitrogens is 1. The lowest BCUT2D eigenvalue weighted by atomic mass is 10.2. The monoisotopic (exact) mass is 344 g/mol. The zero-order valence-electron chi connectivity index (χ0n) is 13.2. The standard InChI is InChI=1S/C15H17ClN8/c1-23-4-6-24(7-5-23)12-2-3-14(13(16)8-12)18-10-11(9-17)15-19-21-22-20-15/h2-3,8,10,18H,4-7H2,1H3,(H,19,20,21,22). The summed E-state index contributed by atoms with van der Waals surface area (Å²) in [6.45, 7) is 4.04. The number of allylic oxidation sites excluding steroid dienone is 1. The summed E-state index contributed by atoms with van der Waals surface area (Å²) < 4.78 is 0. The highest BCUT2D eigenvalue weighted by Crippen LogP contribution is 2.28. The number of rotatable bonds is 4. The maximum absolute atomic E-state index is 9.16. The highest BCUT2D eigenvalue weighted by molar-refractivity contribution is 6.33. The Morgan fingerprint density at radius 2 is 2.17 bits per heavy atom. The summed E-state index contributed by atoms with van der Waals surface area (Å²) in [5.41, 5.74) is 2.08. The van der Waals surface area contributed by atoms with Gasteiger partial charge in [-0.3, -0.25) is 0 Å². The quantitative estimate of drug-likeness (QED) is 0.813. The summed E-state index contributed by atoms with van der Waals surface area (Å²) in [5, 5.41) is 26.1. The number of nitrogens with zero attached hydrogens (tertiary/aromatic N) is 6. The molecule has 24 heavy (non-hydrogen) atoms. The average Bonchev–Trinajstić information content (AvgIpc) is 3.12. The molecular formula is C15H17ClN8. The Kier molecular flexibility index (Phi) is 4.93. The van der Waals surface area contributed by atoms with E-state index >= 15 is 0 Å². The molecule has 0 bridgehead atoms. The molecule has 0 radical (unpaired) electrons. The van der Waals surface area contributed by atoms with Crippen LogP contribution < -0.4 is 10.2 Å². The molecule has 8 nitrogen and oxygen atoms in total. The van der Waals surface area contributed by atoms with Crippen LogP contribution in [0, 0.1) is 11.3 Å². The van der Waals surface area contributed by atoms with E-state index < -0.39 is 0 Å². The van der Waals surface area contributed by atoms with Crippen molar-refractivity contribution in [1.29, 1.82) is 5.26 Å². The average molecular weight is 345 g/mol. The van der Waals surface area contributed by atoms with Crippen molar-refractivity contribution in [3.05, 3.63) is 35.2 Å². The molecule has 0 spiro atoms. The number of tetrazole rings is 1. The summed E-state index contributed by atoms with van der Waals surface area (Å²) in [6.07, 6.45) is 1.52. The Balaban J connectivity index is 1.72. The molecule has 3 rings (SSSR count). The minimum Gasteiger partial charge on any atom is -0.369 e. The van der Waals surface area contributed by atoms with Crippen LogP contribution in [0.3, 0.4) is 0 Å². The second-order valence-corrected chi connectivity index (χ2v) is 5.91. The number of aromatic amines is 1. The van der Waals surface area contributed by atoms with Crippen LogP contribution in [0.25, 0.3) is 5.57 Å². The smallest absolute Gasteiger partial charge is 0.216 e. The maximum Gasteiger partial charge on any atom is 0.216 e. The van der Waals surface area contributed by atoms with Crippen LogP contribution in [0.2, 0.25) is 5.02 Å². The van der Waals surface area contributed by atoms with E-state index in [1.54, 1.807) is 0 Å². The van der Waals surface area contributed by atoms with Crippen LogP contribution in [0.5, 0.6) is 0 Å². The predicted octanol–water partition coefficient (Wildman–Crippen LogP) is 1.58. The minimum absolute atomic E-state index is 0.232. The molecule has 2 aromatic rings. The topological polar surface area (TPSA) is 96.8 Å². The van der Waals surface area contributed by atoms with Crippen molar-refractivity contribution in [1.82, 2.24) is 25.5 Å². The SMILES string of the molecule is CN1CCN(c2ccc(NC=C(C#N)c3nn[nH]n3)c(Cl)c2)CC1. The van der Waals surface area contributed by atoms with Crippen LogP contribution in [0.15, 0.2) is 24.4 Å². The van der Waals surface area contributed by atoms with Gasteiger partial charge in [0, 0.05) is 38.1 Å². The van der Waals surface area contributed by atoms with Crippen molar-refractivity contribution in [3.8, 4) is 6.07 Å². The number of nitrogens with one attached hydrogen (secondary N) is 2. The zero-order chi connectivity index (χ0) is 16.9. The van der Waals surface area contributed by atoms with E-state index in [1.807, 2.05) is 24.3 Å². The van der Waals surface area contributed by atoms with Crippen LogP contribution in [0.1, 0.15) is 5.82 Å². The Bertz CT molecular complexity index is 756. The normalized spacial score (nSPS) is 16.0. The maximum atomic E-state index is 9.16. The fourth-order valence-electron chi connectivity index (χ4n) is 2.46. The van der Waals surface area contributed by atoms with Crippen LogP contribution in [-0.4, -0.2) is 58.8 Å². The molecule has 1 aromatic heterocycles. The number of piperazine rings is 1. The van der Waals surface area contributed by atoms with Gasteiger partial charge in [-0.15, -0.1) is 10.2 Å². The fraction of sp³-hybridized carbons (Fsp3) is 0.333. The molecule has 124 valence electrons. The van der Waals surface area contributed by atoms with Crippen LogP contribution >= 0.6 is 11.6 Å². The van der Waals surface area contributed by atoms with Crippen molar-refractivity contribution in [2.75, 3.05) is 43.4 Å². The van der Waals surface area contributed by atoms with E-state index in [2.05, 4.69) is 42.8 Å². The van der Waals surface area contributed by atoms with Crippen molar-refractivity contribution in [3.63, 3.8) is 0 Å². The van der Waals surface area contributed by atoms with E-state index in [0.717, 1.165) is 31.9 Å². The molecule has 2 N–H and O–H groups in total. The first kappa shape index (κ1) is 16.2. The van der Waals surface area contributed by atoms with Gasteiger partial charge in [-0.05, 0) is 30.5 Å². The van der Waals surface area contributed by atoms with Gasteiger partial charge in [-0.2, -0.15) is 10.5 Å². The summed E-state index contributed by atoms with van der Waals surface area (Å²) in [4.78, 5) is 4.62. The van der Waals surface area contributed by atoms with E-state index in [4.69, 9.17) is 16.9 Å². The van der Waals surface area contributed by atoms with E-state index in [0.29, 0.717) is 10.7 Å². The summed E-state index contributed by atoms with van der Waals surface area (Å²) in [6, 6.07) is 7.88. The second-order valence-electron chi connectivity index (χ2n) is 5.50. The minimum atomic E-state index is 0.232. The molecule has 1 aliphatic heterocycles. The third-order valence-electron chi connectivity index (χ3n) is 3.90. The molecule has 0 atom stereocenters. The van der Waals surface area contributed by atoms with Gasteiger partial charge in [0.05, 0.1) is 10.7 Å². The first-order chi connectivity index (χ1) is 11.7. The Hall–Kier alpha value is -2.63. The van der Waals surface area contributed by atoms with Gasteiger partial charge < -0.3 is 15.1 Å². The number of halogens is 1. The van der Waals surface area contributed by atoms with Gasteiger partial charge in [0.25, 0.3) is 0 Å². The zero-order valence-corrected chi connectivity index (χ0v) is 14.0. The number of hydrogen-bond donors (Lipinski definition) is 2. The van der Waals surface area contributed by atoms with E-state index in [1.165, 1.54) is 6.20 Å². The van der Waals surface area contributed by atoms with Crippen molar-refractivity contribution >= 4 is 28.5 Å². The highest BCUT2D eigenvalue weighted by Gasteiger charge is 2.15. The molecule has 2 heterocycles. The summed E-state index contributed by atoms with van der Waals surface area (Å²) >= 11 is 6.37. The van der Waals surface area contributed by atoms with E-state index in [9.17, 15) is 0 Å². The molecule has 0 saturated carbocycles. The van der Waals surface area contributed by atoms with Gasteiger partial charge in [-0.25, -0.2) is 0 Å². The van der Waals surface area contributed by atoms with Gasteiger partial charge in [-0.1, -0.05) is 11.6 Å². The second kappa shape index (κ2) is 7.29. The van der Waals surface area contributed by atoms with Gasteiger partial charge in [0.1, 0.15) is 11.6 Å². The molecule has 9 heteroatoms. The molecule has 1 aromatic carbocycles. The van der Waals surface area contributed by atoms with Gasteiger partial charge in [0.2, 0.25) is 5.82 Å².